The predicted octanol–water partition coefficient (Wildman–Crippen LogP) is 2.46. The molecule has 0 aromatic rings. The summed E-state index contributed by atoms with van der Waals surface area (Å²) in [6, 6.07) is -0.280. The van der Waals surface area contributed by atoms with Gasteiger partial charge in [0.05, 0.1) is 0 Å². The van der Waals surface area contributed by atoms with Crippen LogP contribution in [-0.4, -0.2) is 40.6 Å². The molecule has 1 aliphatic carbocycles. The molecular formula is C14H26N2O3. The highest BCUT2D eigenvalue weighted by atomic mass is 16.4. The first-order valence-corrected chi connectivity index (χ1v) is 6.97. The minimum Gasteiger partial charge on any atom is -0.480 e. The van der Waals surface area contributed by atoms with Gasteiger partial charge in [-0.15, -0.1) is 0 Å². The van der Waals surface area contributed by atoms with E-state index in [0.717, 1.165) is 25.7 Å². The third-order valence-corrected chi connectivity index (χ3v) is 3.70. The molecule has 19 heavy (non-hydrogen) atoms. The van der Waals surface area contributed by atoms with Gasteiger partial charge in [0.1, 0.15) is 6.54 Å². The van der Waals surface area contributed by atoms with Crippen LogP contribution in [0.15, 0.2) is 0 Å². The molecule has 1 fully saturated rings. The predicted molar refractivity (Wildman–Crippen MR) is 74.1 cm³/mol. The van der Waals surface area contributed by atoms with Crippen molar-refractivity contribution in [2.24, 2.45) is 5.41 Å². The Labute approximate surface area is 115 Å². The molecule has 0 bridgehead atoms. The van der Waals surface area contributed by atoms with Crippen molar-refractivity contribution in [2.45, 2.75) is 58.9 Å². The van der Waals surface area contributed by atoms with Crippen LogP contribution < -0.4 is 5.32 Å². The fourth-order valence-electron chi connectivity index (χ4n) is 2.33. The molecule has 0 atom stereocenters. The quantitative estimate of drug-likeness (QED) is 0.779. The molecule has 1 saturated carbocycles. The van der Waals surface area contributed by atoms with Gasteiger partial charge in [0.2, 0.25) is 0 Å². The molecule has 110 valence electrons. The number of rotatable bonds is 6. The van der Waals surface area contributed by atoms with Crippen molar-refractivity contribution in [2.75, 3.05) is 13.1 Å². The lowest BCUT2D eigenvalue weighted by molar-refractivity contribution is -0.138. The minimum atomic E-state index is -0.986. The fraction of sp³-hybridized carbons (Fsp3) is 0.857. The number of hydrogen-bond acceptors (Lipinski definition) is 2. The van der Waals surface area contributed by atoms with Crippen LogP contribution in [0.2, 0.25) is 0 Å². The number of nitrogens with zero attached hydrogens (tertiary/aromatic N) is 1. The standard InChI is InChI=1S/C14H26N2O3/c1-5-6-14(7-8-14)10-15-12(19)16(9-11(17)18)13(2,3)4/h5-10H2,1-4H3,(H,15,19)(H,17,18). The summed E-state index contributed by atoms with van der Waals surface area (Å²) in [6.07, 6.45) is 4.57. The first-order chi connectivity index (χ1) is 8.70. The van der Waals surface area contributed by atoms with E-state index in [-0.39, 0.29) is 18.0 Å². The van der Waals surface area contributed by atoms with E-state index in [2.05, 4.69) is 12.2 Å². The minimum absolute atomic E-state index is 0.268. The maximum Gasteiger partial charge on any atom is 0.323 e. The summed E-state index contributed by atoms with van der Waals surface area (Å²) in [6.45, 7) is 8.06. The van der Waals surface area contributed by atoms with Crippen LogP contribution in [-0.2, 0) is 4.79 Å². The van der Waals surface area contributed by atoms with Crippen LogP contribution >= 0.6 is 0 Å². The van der Waals surface area contributed by atoms with Gasteiger partial charge in [0, 0.05) is 12.1 Å². The molecule has 1 rings (SSSR count). The SMILES string of the molecule is CCCC1(CNC(=O)N(CC(=O)O)C(C)(C)C)CC1. The number of carboxylic acids is 1. The summed E-state index contributed by atoms with van der Waals surface area (Å²) in [4.78, 5) is 24.4. The van der Waals surface area contributed by atoms with Crippen LogP contribution in [0.5, 0.6) is 0 Å². The van der Waals surface area contributed by atoms with Crippen molar-refractivity contribution in [3.8, 4) is 0 Å². The lowest BCUT2D eigenvalue weighted by Gasteiger charge is -2.34. The Morgan fingerprint density at radius 2 is 1.89 bits per heavy atom. The lowest BCUT2D eigenvalue weighted by Crippen LogP contribution is -2.53. The lowest BCUT2D eigenvalue weighted by atomic mass is 10.0. The maximum atomic E-state index is 12.2. The van der Waals surface area contributed by atoms with E-state index in [1.165, 1.54) is 4.90 Å². The average Bonchev–Trinajstić information content (AvgIpc) is 3.02. The van der Waals surface area contributed by atoms with Gasteiger partial charge in [-0.05, 0) is 45.4 Å². The highest BCUT2D eigenvalue weighted by Crippen LogP contribution is 2.48. The van der Waals surface area contributed by atoms with Gasteiger partial charge in [0.15, 0.2) is 0 Å². The van der Waals surface area contributed by atoms with Gasteiger partial charge in [-0.25, -0.2) is 4.79 Å². The van der Waals surface area contributed by atoms with Gasteiger partial charge < -0.3 is 15.3 Å². The van der Waals surface area contributed by atoms with Crippen LogP contribution in [0, 0.1) is 5.41 Å². The van der Waals surface area contributed by atoms with Gasteiger partial charge in [-0.2, -0.15) is 0 Å². The number of hydrogen-bond donors (Lipinski definition) is 2. The smallest absolute Gasteiger partial charge is 0.323 e. The normalized spacial score (nSPS) is 16.8. The highest BCUT2D eigenvalue weighted by molar-refractivity contribution is 5.80. The number of urea groups is 1. The Hall–Kier alpha value is -1.26. The number of nitrogens with one attached hydrogen (secondary N) is 1. The van der Waals surface area contributed by atoms with E-state index < -0.39 is 11.5 Å². The molecule has 0 unspecified atom stereocenters. The zero-order chi connectivity index (χ0) is 14.7. The first kappa shape index (κ1) is 15.8. The van der Waals surface area contributed by atoms with E-state index in [4.69, 9.17) is 5.11 Å². The van der Waals surface area contributed by atoms with E-state index in [1.54, 1.807) is 0 Å². The van der Waals surface area contributed by atoms with Crippen LogP contribution in [0.3, 0.4) is 0 Å². The second-order valence-electron chi connectivity index (χ2n) is 6.56. The molecule has 0 radical (unpaired) electrons. The first-order valence-electron chi connectivity index (χ1n) is 6.97. The molecular weight excluding hydrogens is 244 g/mol. The molecule has 0 aliphatic heterocycles. The van der Waals surface area contributed by atoms with Crippen molar-refractivity contribution in [1.82, 2.24) is 10.2 Å². The summed E-state index contributed by atoms with van der Waals surface area (Å²) < 4.78 is 0. The van der Waals surface area contributed by atoms with Crippen molar-refractivity contribution >= 4 is 12.0 Å². The molecule has 5 heteroatoms. The number of carbonyl (C=O) groups excluding carboxylic acids is 1. The number of amides is 2. The van der Waals surface area contributed by atoms with Crippen molar-refractivity contribution < 1.29 is 14.7 Å². The molecule has 0 spiro atoms. The van der Waals surface area contributed by atoms with Gasteiger partial charge in [-0.1, -0.05) is 13.3 Å². The van der Waals surface area contributed by atoms with Gasteiger partial charge >= 0.3 is 12.0 Å². The molecule has 0 aromatic carbocycles. The fourth-order valence-corrected chi connectivity index (χ4v) is 2.33. The number of aliphatic carboxylic acids is 1. The molecule has 5 nitrogen and oxygen atoms in total. The Kier molecular flexibility index (Phi) is 4.82. The Balaban J connectivity index is 2.55. The Morgan fingerprint density at radius 1 is 1.32 bits per heavy atom. The third-order valence-electron chi connectivity index (χ3n) is 3.70. The topological polar surface area (TPSA) is 69.6 Å². The van der Waals surface area contributed by atoms with E-state index >= 15 is 0 Å². The molecule has 0 saturated heterocycles. The highest BCUT2D eigenvalue weighted by Gasteiger charge is 2.42. The molecule has 0 aromatic heterocycles. The number of carbonyl (C=O) groups is 2. The van der Waals surface area contributed by atoms with E-state index in [0.29, 0.717) is 6.54 Å². The monoisotopic (exact) mass is 270 g/mol. The molecule has 0 heterocycles. The van der Waals surface area contributed by atoms with Crippen molar-refractivity contribution in [3.63, 3.8) is 0 Å². The average molecular weight is 270 g/mol. The van der Waals surface area contributed by atoms with E-state index in [1.807, 2.05) is 20.8 Å². The Morgan fingerprint density at radius 3 is 2.26 bits per heavy atom. The van der Waals surface area contributed by atoms with Crippen molar-refractivity contribution in [1.29, 1.82) is 0 Å². The summed E-state index contributed by atoms with van der Waals surface area (Å²) in [5.41, 5.74) is -0.221. The van der Waals surface area contributed by atoms with Gasteiger partial charge in [-0.3, -0.25) is 4.79 Å². The van der Waals surface area contributed by atoms with Crippen LogP contribution in [0.25, 0.3) is 0 Å². The zero-order valence-electron chi connectivity index (χ0n) is 12.5. The second-order valence-corrected chi connectivity index (χ2v) is 6.56. The summed E-state index contributed by atoms with van der Waals surface area (Å²) in [5.74, 6) is -0.986. The van der Waals surface area contributed by atoms with E-state index in [9.17, 15) is 9.59 Å². The zero-order valence-corrected chi connectivity index (χ0v) is 12.5. The third kappa shape index (κ3) is 4.73. The summed E-state index contributed by atoms with van der Waals surface area (Å²) in [5, 5.41) is 11.8. The van der Waals surface area contributed by atoms with Crippen LogP contribution in [0.4, 0.5) is 4.79 Å². The molecule has 1 aliphatic rings. The summed E-state index contributed by atoms with van der Waals surface area (Å²) in [7, 11) is 0. The second kappa shape index (κ2) is 5.80. The molecule has 2 N–H and O–H groups in total. The summed E-state index contributed by atoms with van der Waals surface area (Å²) >= 11 is 0. The largest absolute Gasteiger partial charge is 0.480 e. The Bertz CT molecular complexity index is 343. The van der Waals surface area contributed by atoms with Crippen molar-refractivity contribution in [3.05, 3.63) is 0 Å². The number of carboxylic acid groups (broad SMARTS) is 1. The maximum absolute atomic E-state index is 12.2. The van der Waals surface area contributed by atoms with Crippen LogP contribution in [0.1, 0.15) is 53.4 Å². The van der Waals surface area contributed by atoms with Gasteiger partial charge in [0.25, 0.3) is 0 Å². The molecule has 2 amide bonds.